The maximum Gasteiger partial charge on any atom is 0.213 e. The lowest BCUT2D eigenvalue weighted by Crippen LogP contribution is -2.30. The highest BCUT2D eigenvalue weighted by Crippen LogP contribution is 2.60. The Morgan fingerprint density at radius 2 is 0.660 bits per heavy atom. The molecule has 6 atom stereocenters. The quantitative estimate of drug-likeness (QED) is 0.108. The van der Waals surface area contributed by atoms with E-state index in [1.807, 2.05) is 122 Å². The molecule has 8 fully saturated rings. The molecule has 4 heterocycles. The van der Waals surface area contributed by atoms with Gasteiger partial charge in [-0.25, -0.2) is 18.3 Å². The van der Waals surface area contributed by atoms with Crippen molar-refractivity contribution in [1.29, 1.82) is 0 Å². The van der Waals surface area contributed by atoms with E-state index in [-0.39, 0.29) is 17.0 Å². The van der Waals surface area contributed by atoms with Crippen LogP contribution < -0.4 is 18.3 Å². The highest BCUT2D eigenvalue weighted by molar-refractivity contribution is 5.74. The largest absolute Gasteiger partial charge is 0.213 e. The maximum absolute atomic E-state index is 9.24. The molecule has 4 heteroatoms. The molecule has 0 amide bonds. The summed E-state index contributed by atoms with van der Waals surface area (Å²) in [6.45, 7) is 10.2. The number of hydrogen-bond acceptors (Lipinski definition) is 0. The molecule has 8 aliphatic rings. The van der Waals surface area contributed by atoms with Gasteiger partial charge in [-0.15, -0.1) is 0 Å². The van der Waals surface area contributed by atoms with Gasteiger partial charge < -0.3 is 0 Å². The van der Waals surface area contributed by atoms with Crippen LogP contribution in [0.3, 0.4) is 0 Å². The predicted molar refractivity (Wildman–Crippen MR) is 441 cm³/mol. The molecule has 0 N–H and O–H groups in total. The Morgan fingerprint density at radius 1 is 0.311 bits per heavy atom. The molecule has 4 bridgehead atoms. The van der Waals surface area contributed by atoms with Crippen molar-refractivity contribution in [3.63, 3.8) is 0 Å². The molecule has 6 unspecified atom stereocenters. The number of fused-ring (bicyclic) bond motifs is 2. The van der Waals surface area contributed by atoms with Gasteiger partial charge in [-0.05, 0) is 258 Å². The third kappa shape index (κ3) is 15.6. The van der Waals surface area contributed by atoms with Crippen molar-refractivity contribution in [1.82, 2.24) is 0 Å². The van der Waals surface area contributed by atoms with Gasteiger partial charge in [0.1, 0.15) is 28.2 Å². The van der Waals surface area contributed by atoms with Gasteiger partial charge in [0.25, 0.3) is 0 Å². The van der Waals surface area contributed by atoms with Gasteiger partial charge in [0.05, 0.1) is 0 Å². The second-order valence-electron chi connectivity index (χ2n) is 29.8. The Balaban J connectivity index is 0.000000132. The first kappa shape index (κ1) is 50.8. The fourth-order valence-electron chi connectivity index (χ4n) is 16.8. The predicted octanol–water partition coefficient (Wildman–Crippen LogP) is 24.2. The van der Waals surface area contributed by atoms with E-state index in [4.69, 9.17) is 27.4 Å². The van der Waals surface area contributed by atoms with Gasteiger partial charge in [0.15, 0.2) is 24.8 Å². The fourth-order valence-corrected chi connectivity index (χ4v) is 16.8. The van der Waals surface area contributed by atoms with E-state index in [9.17, 15) is 1.37 Å². The fraction of sp³-hybridized carbons (Fsp3) is 0.333. The summed E-state index contributed by atoms with van der Waals surface area (Å²) >= 11 is 0. The number of benzene rings is 8. The van der Waals surface area contributed by atoms with Crippen LogP contribution in [0.5, 0.6) is 0 Å². The number of pyridine rings is 4. The molecule has 4 nitrogen and oxygen atoms in total. The molecule has 8 aromatic carbocycles. The zero-order valence-electron chi connectivity index (χ0n) is 83.8. The lowest BCUT2D eigenvalue weighted by molar-refractivity contribution is -0.660. The topological polar surface area (TPSA) is 15.5 Å². The molecule has 8 aliphatic carbocycles. The van der Waals surface area contributed by atoms with E-state index in [0.29, 0.717) is 17.4 Å². The van der Waals surface area contributed by atoms with E-state index < -0.39 is 74.6 Å². The lowest BCUT2D eigenvalue weighted by Gasteiger charge is -2.36. The van der Waals surface area contributed by atoms with Gasteiger partial charge in [-0.2, -0.15) is 0 Å². The summed E-state index contributed by atoms with van der Waals surface area (Å²) in [5.74, 6) is -7.60. The molecular weight excluding hydrogens is 1280 g/mol. The van der Waals surface area contributed by atoms with Crippen LogP contribution in [0.2, 0.25) is 0 Å². The van der Waals surface area contributed by atoms with E-state index in [2.05, 4.69) is 171 Å². The summed E-state index contributed by atoms with van der Waals surface area (Å²) < 4.78 is 188. The standard InChI is InChI=1S/2C26H30N.2C25H26N/c1-19-9-4-6-13-24(19)23-12-8-11-21(17-23)22-15-16-27(3)26(18-22)25-14-7-5-10-20(25)2;1-19-8-10-21(11-9-19)22-12-14-23(15-13-22)24-16-17-27(3)26(18-24)25-7-5-4-6-20(25)2;2*1-17-5-3-4-6-23(17)24-16-20(13-14-26(24)2)18-7-9-19(10-8-18)25-21-11-12-22(25)15-21/h5,7-8,10-12,14-19,24H,4,6,9,13H2,1-3H3;4-7,12-19,21H,8-11H2,1-3H3;2*3-10,13-14,16,21-22,25H,11-12,15H2,1-2H3/q4*+1/i4D2,6D2,9D2,13D2,19D,24D;8D2,9D2,10D2,11D2,19D,21D;25D;. The van der Waals surface area contributed by atoms with Crippen LogP contribution in [0.4, 0.5) is 0 Å². The number of aryl methyl sites for hydroxylation is 8. The van der Waals surface area contributed by atoms with E-state index in [1.165, 1.54) is 124 Å². The zero-order valence-corrected chi connectivity index (χ0v) is 62.8. The van der Waals surface area contributed by atoms with Gasteiger partial charge >= 0.3 is 0 Å². The Morgan fingerprint density at radius 3 is 1.06 bits per heavy atom. The Hall–Kier alpha value is -9.64. The first-order valence-electron chi connectivity index (χ1n) is 48.2. The molecule has 106 heavy (non-hydrogen) atoms. The average Bonchev–Trinajstić information content (AvgIpc) is 0.724. The van der Waals surface area contributed by atoms with Crippen molar-refractivity contribution in [2.75, 3.05) is 0 Å². The molecule has 8 saturated carbocycles. The summed E-state index contributed by atoms with van der Waals surface area (Å²) in [6.07, 6.45) is -9.79. The SMILES string of the molecule is Cc1ccccc1-c1cc(-c2ccc(C3C4CCC3C4)cc2)cc[n+]1C.[2H]C1([2H])C([2H])([2H])C([2H])([2H])C([2H])(c2cccc(-c3cc[n+](C)c(-c4ccccc4C)c3)c2)C([2H])(C)C1([2H])[2H].[2H]C1([2H])C([2H])([2H])C([2H])(c2ccc(-c3cc[n+](C)c(-c4ccccc4C)c3)cc2)C([2H])([2H])C([2H])([2H])C1([2H])C.[2H]C1(c2ccc(-c3cc[n+](C)c(-c4ccccc4C)c3)cc2)C2CCC1C2. The van der Waals surface area contributed by atoms with E-state index >= 15 is 0 Å². The lowest BCUT2D eigenvalue weighted by atomic mass is 9.68. The van der Waals surface area contributed by atoms with Crippen LogP contribution >= 0.6 is 0 Å². The van der Waals surface area contributed by atoms with E-state index in [1.54, 1.807) is 29.8 Å². The second-order valence-corrected chi connectivity index (χ2v) is 29.8. The molecule has 536 valence electrons. The van der Waals surface area contributed by atoms with Gasteiger partial charge in [-0.1, -0.05) is 216 Å². The second kappa shape index (κ2) is 32.2. The zero-order chi connectivity index (χ0) is 91.9. The van der Waals surface area contributed by atoms with Crippen LogP contribution in [-0.4, -0.2) is 0 Å². The van der Waals surface area contributed by atoms with Crippen LogP contribution in [0.15, 0.2) is 267 Å². The van der Waals surface area contributed by atoms with Crippen molar-refractivity contribution >= 4 is 0 Å². The summed E-state index contributed by atoms with van der Waals surface area (Å²) in [5, 5.41) is 0. The molecule has 4 aromatic heterocycles. The smallest absolute Gasteiger partial charge is 0.201 e. The molecule has 0 spiro atoms. The first-order valence-corrected chi connectivity index (χ1v) is 37.7. The molecule has 20 rings (SSSR count). The Bertz CT molecular complexity index is 6070. The van der Waals surface area contributed by atoms with Crippen LogP contribution in [0.1, 0.15) is 200 Å². The van der Waals surface area contributed by atoms with Gasteiger partial charge in [0.2, 0.25) is 22.8 Å². The summed E-state index contributed by atoms with van der Waals surface area (Å²) in [5.41, 5.74) is 24.2. The third-order valence-corrected chi connectivity index (χ3v) is 22.9. The Kier molecular flexibility index (Phi) is 15.4. The highest BCUT2D eigenvalue weighted by atomic mass is 14.9. The van der Waals surface area contributed by atoms with Crippen molar-refractivity contribution in [2.24, 2.45) is 63.7 Å². The summed E-state index contributed by atoms with van der Waals surface area (Å²) in [7, 11) is 8.08. The minimum atomic E-state index is -3.40. The van der Waals surface area contributed by atoms with Crippen LogP contribution in [0, 0.1) is 63.2 Å². The molecule has 0 radical (unpaired) electrons. The molecule has 12 aromatic rings. The third-order valence-electron chi connectivity index (χ3n) is 22.9. The van der Waals surface area contributed by atoms with Crippen molar-refractivity contribution in [3.05, 3.63) is 312 Å². The summed E-state index contributed by atoms with van der Waals surface area (Å²) in [6, 6.07) is 80.1. The van der Waals surface area contributed by atoms with Gasteiger partial charge in [0, 0.05) is 99.6 Å². The van der Waals surface area contributed by atoms with Crippen LogP contribution in [-0.2, 0) is 28.2 Å². The van der Waals surface area contributed by atoms with Crippen LogP contribution in [0.25, 0.3) is 89.5 Å². The number of hydrogen-bond donors (Lipinski definition) is 0. The Labute approximate surface area is 664 Å². The average molecular weight is 1420 g/mol. The molecule has 0 saturated heterocycles. The number of aromatic nitrogens is 4. The minimum Gasteiger partial charge on any atom is -0.201 e. The molecular formula is C102H112N4+4. The number of rotatable bonds is 12. The molecule has 0 aliphatic heterocycles. The van der Waals surface area contributed by atoms with Crippen molar-refractivity contribution in [3.8, 4) is 89.5 Å². The maximum atomic E-state index is 9.24. The number of nitrogens with zero attached hydrogens (tertiary/aromatic N) is 4. The van der Waals surface area contributed by atoms with Crippen molar-refractivity contribution in [2.45, 2.75) is 155 Å². The normalized spacial score (nSPS) is 31.9. The minimum absolute atomic E-state index is 0.0959. The first-order chi connectivity index (χ1) is 59.5. The monoisotopic (exact) mass is 1410 g/mol. The van der Waals surface area contributed by atoms with E-state index in [0.717, 1.165) is 81.9 Å². The van der Waals surface area contributed by atoms with Gasteiger partial charge in [-0.3, -0.25) is 0 Å². The van der Waals surface area contributed by atoms with Crippen molar-refractivity contribution < 1.29 is 47.1 Å². The highest BCUT2D eigenvalue weighted by Gasteiger charge is 2.48. The summed E-state index contributed by atoms with van der Waals surface area (Å²) in [4.78, 5) is 0.